The SMILES string of the molecule is C=CC(=O)NC1CC2CCN(S(=O)(=O)c3ccc(N4CCOCC4)nc3)CC2O1. The van der Waals surface area contributed by atoms with Gasteiger partial charge in [0.15, 0.2) is 0 Å². The molecule has 1 aromatic rings. The van der Waals surface area contributed by atoms with Gasteiger partial charge >= 0.3 is 0 Å². The molecule has 0 saturated carbocycles. The van der Waals surface area contributed by atoms with Crippen LogP contribution in [0.2, 0.25) is 0 Å². The smallest absolute Gasteiger partial charge is 0.245 e. The molecule has 158 valence electrons. The summed E-state index contributed by atoms with van der Waals surface area (Å²) in [5, 5.41) is 2.74. The average Bonchev–Trinajstić information content (AvgIpc) is 3.15. The van der Waals surface area contributed by atoms with Crippen molar-refractivity contribution < 1.29 is 22.7 Å². The van der Waals surface area contributed by atoms with Crippen LogP contribution < -0.4 is 10.2 Å². The van der Waals surface area contributed by atoms with Gasteiger partial charge in [0.25, 0.3) is 0 Å². The lowest BCUT2D eigenvalue weighted by Crippen LogP contribution is -2.45. The van der Waals surface area contributed by atoms with E-state index in [1.807, 2.05) is 0 Å². The number of hydrogen-bond donors (Lipinski definition) is 1. The van der Waals surface area contributed by atoms with Crippen LogP contribution in [0, 0.1) is 5.92 Å². The molecule has 4 heterocycles. The van der Waals surface area contributed by atoms with Crippen LogP contribution in [0.1, 0.15) is 12.8 Å². The molecule has 0 bridgehead atoms. The number of carbonyl (C=O) groups is 1. The zero-order chi connectivity index (χ0) is 20.4. The third kappa shape index (κ3) is 4.30. The van der Waals surface area contributed by atoms with Crippen LogP contribution in [-0.4, -0.2) is 75.3 Å². The Kier molecular flexibility index (Phi) is 5.86. The van der Waals surface area contributed by atoms with Crippen molar-refractivity contribution in [1.82, 2.24) is 14.6 Å². The van der Waals surface area contributed by atoms with E-state index in [1.54, 1.807) is 12.1 Å². The minimum atomic E-state index is -3.65. The average molecular weight is 423 g/mol. The van der Waals surface area contributed by atoms with Gasteiger partial charge in [0, 0.05) is 32.4 Å². The van der Waals surface area contributed by atoms with Gasteiger partial charge in [-0.3, -0.25) is 4.79 Å². The van der Waals surface area contributed by atoms with Gasteiger partial charge in [0.2, 0.25) is 15.9 Å². The zero-order valence-electron chi connectivity index (χ0n) is 16.2. The normalized spacial score (nSPS) is 28.0. The standard InChI is InChI=1S/C19H26N4O5S/c1-2-18(24)21-19-11-14-5-6-23(13-16(14)28-19)29(25,26)15-3-4-17(20-12-15)22-7-9-27-10-8-22/h2-4,12,14,16,19H,1,5-11,13H2,(H,21,24). The summed E-state index contributed by atoms with van der Waals surface area (Å²) in [4.78, 5) is 18.1. The van der Waals surface area contributed by atoms with Gasteiger partial charge < -0.3 is 19.7 Å². The molecule has 10 heteroatoms. The van der Waals surface area contributed by atoms with Crippen molar-refractivity contribution in [1.29, 1.82) is 0 Å². The van der Waals surface area contributed by atoms with Crippen LogP contribution >= 0.6 is 0 Å². The van der Waals surface area contributed by atoms with E-state index in [2.05, 4.69) is 21.8 Å². The van der Waals surface area contributed by atoms with Crippen molar-refractivity contribution >= 4 is 21.7 Å². The van der Waals surface area contributed by atoms with Crippen LogP contribution in [0.25, 0.3) is 0 Å². The molecule has 29 heavy (non-hydrogen) atoms. The molecule has 3 atom stereocenters. The van der Waals surface area contributed by atoms with Gasteiger partial charge in [-0.05, 0) is 37.0 Å². The number of rotatable bonds is 5. The Bertz CT molecular complexity index is 854. The fourth-order valence-corrected chi connectivity index (χ4v) is 5.50. The Morgan fingerprint density at radius 2 is 2.07 bits per heavy atom. The van der Waals surface area contributed by atoms with Gasteiger partial charge in [-0.2, -0.15) is 4.31 Å². The molecule has 3 aliphatic rings. The molecule has 3 unspecified atom stereocenters. The first-order valence-corrected chi connectivity index (χ1v) is 11.3. The van der Waals surface area contributed by atoms with Crippen LogP contribution in [-0.2, 0) is 24.3 Å². The number of aromatic nitrogens is 1. The second-order valence-corrected chi connectivity index (χ2v) is 9.41. The Labute approximate surface area is 170 Å². The number of pyridine rings is 1. The summed E-state index contributed by atoms with van der Waals surface area (Å²) in [7, 11) is -3.65. The van der Waals surface area contributed by atoms with Crippen molar-refractivity contribution in [3.63, 3.8) is 0 Å². The third-order valence-electron chi connectivity index (χ3n) is 5.70. The molecule has 0 aromatic carbocycles. The molecule has 0 spiro atoms. The first-order valence-electron chi connectivity index (χ1n) is 9.84. The van der Waals surface area contributed by atoms with Crippen LogP contribution in [0.3, 0.4) is 0 Å². The van der Waals surface area contributed by atoms with Crippen molar-refractivity contribution in [2.45, 2.75) is 30.1 Å². The predicted molar refractivity (Wildman–Crippen MR) is 106 cm³/mol. The molecule has 1 aromatic heterocycles. The highest BCUT2D eigenvalue weighted by atomic mass is 32.2. The number of sulfonamides is 1. The van der Waals surface area contributed by atoms with Crippen LogP contribution in [0.15, 0.2) is 35.9 Å². The lowest BCUT2D eigenvalue weighted by molar-refractivity contribution is -0.120. The van der Waals surface area contributed by atoms with E-state index in [-0.39, 0.29) is 29.4 Å². The van der Waals surface area contributed by atoms with Gasteiger partial charge in [0.1, 0.15) is 16.9 Å². The van der Waals surface area contributed by atoms with Crippen molar-refractivity contribution in [3.05, 3.63) is 31.0 Å². The maximum absolute atomic E-state index is 13.1. The summed E-state index contributed by atoms with van der Waals surface area (Å²) in [5.41, 5.74) is 0. The zero-order valence-corrected chi connectivity index (χ0v) is 17.0. The van der Waals surface area contributed by atoms with Crippen LogP contribution in [0.5, 0.6) is 0 Å². The number of piperidine rings is 1. The van der Waals surface area contributed by atoms with Crippen LogP contribution in [0.4, 0.5) is 5.82 Å². The molecule has 9 nitrogen and oxygen atoms in total. The highest BCUT2D eigenvalue weighted by Crippen LogP contribution is 2.34. The number of nitrogens with one attached hydrogen (secondary N) is 1. The number of ether oxygens (including phenoxy) is 2. The molecule has 0 radical (unpaired) electrons. The monoisotopic (exact) mass is 422 g/mol. The Hall–Kier alpha value is -2.01. The Balaban J connectivity index is 1.41. The van der Waals surface area contributed by atoms with Gasteiger partial charge in [-0.25, -0.2) is 13.4 Å². The van der Waals surface area contributed by atoms with Gasteiger partial charge in [-0.1, -0.05) is 6.58 Å². The molecule has 1 amide bonds. The summed E-state index contributed by atoms with van der Waals surface area (Å²) in [5.74, 6) is 0.703. The fraction of sp³-hybridized carbons (Fsp3) is 0.579. The molecule has 4 rings (SSSR count). The number of carbonyl (C=O) groups excluding carboxylic acids is 1. The summed E-state index contributed by atoms with van der Waals surface area (Å²) in [6, 6.07) is 3.36. The van der Waals surface area contributed by atoms with E-state index in [0.717, 1.165) is 18.9 Å². The second-order valence-electron chi connectivity index (χ2n) is 7.47. The Morgan fingerprint density at radius 3 is 2.76 bits per heavy atom. The lowest BCUT2D eigenvalue weighted by atomic mass is 9.94. The largest absolute Gasteiger partial charge is 0.378 e. The fourth-order valence-electron chi connectivity index (χ4n) is 4.08. The topological polar surface area (TPSA) is 101 Å². The quantitative estimate of drug-likeness (QED) is 0.683. The molecular formula is C19H26N4O5S. The van der Waals surface area contributed by atoms with E-state index in [0.29, 0.717) is 32.6 Å². The molecule has 1 N–H and O–H groups in total. The highest BCUT2D eigenvalue weighted by Gasteiger charge is 2.42. The number of anilines is 1. The summed E-state index contributed by atoms with van der Waals surface area (Å²) >= 11 is 0. The van der Waals surface area contributed by atoms with Gasteiger partial charge in [-0.15, -0.1) is 0 Å². The lowest BCUT2D eigenvalue weighted by Gasteiger charge is -2.33. The van der Waals surface area contributed by atoms with E-state index in [9.17, 15) is 13.2 Å². The molecule has 3 aliphatic heterocycles. The first kappa shape index (κ1) is 20.3. The summed E-state index contributed by atoms with van der Waals surface area (Å²) < 4.78 is 38.8. The maximum atomic E-state index is 13.1. The number of morpholine rings is 1. The minimum absolute atomic E-state index is 0.183. The summed E-state index contributed by atoms with van der Waals surface area (Å²) in [6.45, 7) is 6.92. The number of nitrogens with zero attached hydrogens (tertiary/aromatic N) is 3. The minimum Gasteiger partial charge on any atom is -0.378 e. The summed E-state index contributed by atoms with van der Waals surface area (Å²) in [6.07, 6.45) is 3.39. The highest BCUT2D eigenvalue weighted by molar-refractivity contribution is 7.89. The van der Waals surface area contributed by atoms with E-state index < -0.39 is 16.3 Å². The molecule has 3 saturated heterocycles. The predicted octanol–water partition coefficient (Wildman–Crippen LogP) is 0.346. The number of hydrogen-bond acceptors (Lipinski definition) is 7. The van der Waals surface area contributed by atoms with Crippen molar-refractivity contribution in [3.8, 4) is 0 Å². The number of fused-ring (bicyclic) bond motifs is 1. The maximum Gasteiger partial charge on any atom is 0.245 e. The second kappa shape index (κ2) is 8.39. The first-order chi connectivity index (χ1) is 14.0. The molecule has 0 aliphatic carbocycles. The Morgan fingerprint density at radius 1 is 1.28 bits per heavy atom. The molecular weight excluding hydrogens is 396 g/mol. The van der Waals surface area contributed by atoms with E-state index in [4.69, 9.17) is 9.47 Å². The number of amides is 1. The molecule has 3 fully saturated rings. The van der Waals surface area contributed by atoms with E-state index in [1.165, 1.54) is 16.6 Å². The van der Waals surface area contributed by atoms with Gasteiger partial charge in [0.05, 0.1) is 19.3 Å². The van der Waals surface area contributed by atoms with Crippen molar-refractivity contribution in [2.24, 2.45) is 5.92 Å². The van der Waals surface area contributed by atoms with Crippen molar-refractivity contribution in [2.75, 3.05) is 44.3 Å². The third-order valence-corrected chi connectivity index (χ3v) is 7.55. The van der Waals surface area contributed by atoms with E-state index >= 15 is 0 Å².